The Kier molecular flexibility index (Phi) is 4.72. The van der Waals surface area contributed by atoms with E-state index in [1.165, 1.54) is 30.5 Å². The highest BCUT2D eigenvalue weighted by atomic mass is 32.2. The molecule has 22 heavy (non-hydrogen) atoms. The third kappa shape index (κ3) is 3.79. The van der Waals surface area contributed by atoms with Crippen LogP contribution in [0.5, 0.6) is 0 Å². The minimum Gasteiger partial charge on any atom is -0.682 e. The van der Waals surface area contributed by atoms with Crippen molar-refractivity contribution in [2.24, 2.45) is 11.0 Å². The van der Waals surface area contributed by atoms with Crippen molar-refractivity contribution in [3.8, 4) is 6.19 Å². The van der Waals surface area contributed by atoms with Gasteiger partial charge in [-0.25, -0.2) is 13.1 Å². The van der Waals surface area contributed by atoms with Crippen molar-refractivity contribution in [3.05, 3.63) is 29.5 Å². The average molecular weight is 322 g/mol. The van der Waals surface area contributed by atoms with Gasteiger partial charge < -0.3 is 5.21 Å². The molecule has 8 nitrogen and oxygen atoms in total. The van der Waals surface area contributed by atoms with Gasteiger partial charge in [0.15, 0.2) is 5.26 Å². The summed E-state index contributed by atoms with van der Waals surface area (Å²) < 4.78 is 26.3. The number of carbonyl (C=O) groups is 1. The summed E-state index contributed by atoms with van der Waals surface area (Å²) in [5.74, 6) is -0.741. The topological polar surface area (TPSA) is 125 Å². The minimum absolute atomic E-state index is 0.104. The van der Waals surface area contributed by atoms with Crippen molar-refractivity contribution in [1.82, 2.24) is 4.72 Å². The summed E-state index contributed by atoms with van der Waals surface area (Å²) in [4.78, 5) is 11.6. The SMILES string of the molecule is N#C[N+]([O-])=Nc1ccc(S(=O)(=O)NC(=O)C2CCCC2)cc1. The van der Waals surface area contributed by atoms with Gasteiger partial charge in [-0.3, -0.25) is 4.79 Å². The fourth-order valence-corrected chi connectivity index (χ4v) is 3.33. The smallest absolute Gasteiger partial charge is 0.485 e. The molecule has 1 aromatic carbocycles. The zero-order valence-electron chi connectivity index (χ0n) is 11.6. The van der Waals surface area contributed by atoms with E-state index in [-0.39, 0.29) is 21.4 Å². The maximum absolute atomic E-state index is 12.1. The molecule has 0 aromatic heterocycles. The molecule has 1 aliphatic carbocycles. The van der Waals surface area contributed by atoms with Crippen molar-refractivity contribution in [3.63, 3.8) is 0 Å². The number of nitrogens with zero attached hydrogens (tertiary/aromatic N) is 3. The summed E-state index contributed by atoms with van der Waals surface area (Å²) in [6.07, 6.45) is 4.51. The van der Waals surface area contributed by atoms with E-state index in [1.807, 2.05) is 0 Å². The predicted octanol–water partition coefficient (Wildman–Crippen LogP) is 1.76. The molecule has 116 valence electrons. The van der Waals surface area contributed by atoms with Crippen LogP contribution in [0.15, 0.2) is 34.3 Å². The molecule has 0 atom stereocenters. The Morgan fingerprint density at radius 1 is 1.32 bits per heavy atom. The van der Waals surface area contributed by atoms with E-state index in [2.05, 4.69) is 9.84 Å². The predicted molar refractivity (Wildman–Crippen MR) is 75.1 cm³/mol. The lowest BCUT2D eigenvalue weighted by Gasteiger charge is -2.11. The van der Waals surface area contributed by atoms with Gasteiger partial charge in [-0.15, -0.1) is 0 Å². The summed E-state index contributed by atoms with van der Waals surface area (Å²) in [5, 5.41) is 22.4. The van der Waals surface area contributed by atoms with Crippen molar-refractivity contribution in [2.45, 2.75) is 30.6 Å². The van der Waals surface area contributed by atoms with Gasteiger partial charge in [-0.05, 0) is 37.1 Å². The Hall–Kier alpha value is -2.47. The van der Waals surface area contributed by atoms with E-state index in [0.29, 0.717) is 12.8 Å². The van der Waals surface area contributed by atoms with Gasteiger partial charge >= 0.3 is 6.19 Å². The zero-order chi connectivity index (χ0) is 16.2. The van der Waals surface area contributed by atoms with Crippen LogP contribution in [0.2, 0.25) is 0 Å². The van der Waals surface area contributed by atoms with Gasteiger partial charge in [0.25, 0.3) is 10.0 Å². The molecule has 0 bridgehead atoms. The Balaban J connectivity index is 2.12. The highest BCUT2D eigenvalue weighted by Crippen LogP contribution is 2.25. The van der Waals surface area contributed by atoms with Crippen molar-refractivity contribution < 1.29 is 18.1 Å². The third-order valence-corrected chi connectivity index (χ3v) is 4.76. The fourth-order valence-electron chi connectivity index (χ4n) is 2.28. The summed E-state index contributed by atoms with van der Waals surface area (Å²) >= 11 is 0. The summed E-state index contributed by atoms with van der Waals surface area (Å²) in [7, 11) is -3.95. The molecule has 0 unspecified atom stereocenters. The average Bonchev–Trinajstić information content (AvgIpc) is 3.01. The second-order valence-electron chi connectivity index (χ2n) is 4.92. The number of nitrogens with one attached hydrogen (secondary N) is 1. The fraction of sp³-hybridized carbons (Fsp3) is 0.385. The van der Waals surface area contributed by atoms with Crippen LogP contribution >= 0.6 is 0 Å². The van der Waals surface area contributed by atoms with E-state index in [1.54, 1.807) is 0 Å². The molecule has 1 saturated carbocycles. The van der Waals surface area contributed by atoms with Crippen LogP contribution in [0.4, 0.5) is 5.69 Å². The molecule has 0 radical (unpaired) electrons. The first-order chi connectivity index (χ1) is 10.4. The second kappa shape index (κ2) is 6.53. The van der Waals surface area contributed by atoms with Crippen molar-refractivity contribution in [2.75, 3.05) is 0 Å². The molecule has 0 spiro atoms. The van der Waals surface area contributed by atoms with Crippen LogP contribution < -0.4 is 4.72 Å². The number of azo groups is 1. The van der Waals surface area contributed by atoms with E-state index in [4.69, 9.17) is 5.26 Å². The molecule has 0 saturated heterocycles. The van der Waals surface area contributed by atoms with Crippen molar-refractivity contribution in [1.29, 1.82) is 5.26 Å². The highest BCUT2D eigenvalue weighted by Gasteiger charge is 2.26. The Morgan fingerprint density at radius 2 is 1.91 bits per heavy atom. The van der Waals surface area contributed by atoms with Crippen LogP contribution in [-0.2, 0) is 14.8 Å². The van der Waals surface area contributed by atoms with Crippen LogP contribution in [0.25, 0.3) is 0 Å². The van der Waals surface area contributed by atoms with E-state index in [9.17, 15) is 18.4 Å². The first-order valence-electron chi connectivity index (χ1n) is 6.68. The third-order valence-electron chi connectivity index (χ3n) is 3.40. The van der Waals surface area contributed by atoms with Gasteiger partial charge in [-0.1, -0.05) is 22.8 Å². The van der Waals surface area contributed by atoms with Gasteiger partial charge in [0.05, 0.1) is 4.90 Å². The molecule has 2 rings (SSSR count). The second-order valence-corrected chi connectivity index (χ2v) is 6.60. The number of nitriles is 1. The highest BCUT2D eigenvalue weighted by molar-refractivity contribution is 7.90. The molecule has 1 N–H and O–H groups in total. The van der Waals surface area contributed by atoms with Gasteiger partial charge in [0.2, 0.25) is 5.91 Å². The standard InChI is InChI=1S/C13H14N4O4S/c14-9-17(19)15-11-5-7-12(8-6-11)22(20,21)16-13(18)10-3-1-2-4-10/h5-8,10H,1-4H2,(H,16,18). The quantitative estimate of drug-likeness (QED) is 0.297. The van der Waals surface area contributed by atoms with Crippen LogP contribution in [0.1, 0.15) is 25.7 Å². The molecule has 9 heteroatoms. The largest absolute Gasteiger partial charge is 0.682 e. The van der Waals surface area contributed by atoms with Gasteiger partial charge in [-0.2, -0.15) is 0 Å². The van der Waals surface area contributed by atoms with E-state index < -0.39 is 15.9 Å². The minimum atomic E-state index is -3.95. The van der Waals surface area contributed by atoms with Gasteiger partial charge in [0, 0.05) is 5.92 Å². The number of hydroxylamine groups is 1. The summed E-state index contributed by atoms with van der Waals surface area (Å²) in [6, 6.07) is 4.98. The number of carbonyl (C=O) groups excluding carboxylic acids is 1. The lowest BCUT2D eigenvalue weighted by Crippen LogP contribution is -2.34. The van der Waals surface area contributed by atoms with Gasteiger partial charge in [0.1, 0.15) is 5.69 Å². The summed E-state index contributed by atoms with van der Waals surface area (Å²) in [6.45, 7) is 0. The first kappa shape index (κ1) is 15.9. The van der Waals surface area contributed by atoms with Crippen molar-refractivity contribution >= 4 is 21.6 Å². The lowest BCUT2D eigenvalue weighted by atomic mass is 10.1. The monoisotopic (exact) mass is 322 g/mol. The first-order valence-corrected chi connectivity index (χ1v) is 8.16. The molecular weight excluding hydrogens is 308 g/mol. The number of sulfonamides is 1. The molecule has 0 aliphatic heterocycles. The number of hydrogen-bond acceptors (Lipinski definition) is 6. The number of benzene rings is 1. The zero-order valence-corrected chi connectivity index (χ0v) is 12.4. The normalized spacial score (nSPS) is 16.2. The van der Waals surface area contributed by atoms with Crippen LogP contribution in [0, 0.1) is 22.6 Å². The Morgan fingerprint density at radius 3 is 2.45 bits per heavy atom. The van der Waals surface area contributed by atoms with Crippen LogP contribution in [0.3, 0.4) is 0 Å². The molecule has 1 aliphatic rings. The molecular formula is C13H14N4O4S. The number of hydrogen-bond donors (Lipinski definition) is 1. The van der Waals surface area contributed by atoms with E-state index >= 15 is 0 Å². The Bertz CT molecular complexity index is 728. The maximum atomic E-state index is 12.1. The van der Waals surface area contributed by atoms with E-state index in [0.717, 1.165) is 12.8 Å². The van der Waals surface area contributed by atoms with Crippen LogP contribution in [-0.4, -0.2) is 19.2 Å². The molecule has 1 fully saturated rings. The lowest BCUT2D eigenvalue weighted by molar-refractivity contribution is -0.433. The maximum Gasteiger partial charge on any atom is 0.485 e. The Labute approximate surface area is 127 Å². The molecule has 1 amide bonds. The summed E-state index contributed by atoms with van der Waals surface area (Å²) in [5.41, 5.74) is 0.137. The molecule has 1 aromatic rings. The number of amides is 1. The molecule has 0 heterocycles. The number of rotatable bonds is 4.